The van der Waals surface area contributed by atoms with Crippen LogP contribution in [0.25, 0.3) is 0 Å². The monoisotopic (exact) mass is 302 g/mol. The van der Waals surface area contributed by atoms with Crippen molar-refractivity contribution in [1.29, 1.82) is 0 Å². The fourth-order valence-corrected chi connectivity index (χ4v) is 4.19. The molecule has 5 heteroatoms. The number of rotatable bonds is 4. The minimum Gasteiger partial charge on any atom is -0.357 e. The first-order valence-corrected chi connectivity index (χ1v) is 8.51. The molecule has 0 unspecified atom stereocenters. The Hall–Kier alpha value is -1.49. The van der Waals surface area contributed by atoms with Crippen LogP contribution in [0.5, 0.6) is 0 Å². The first-order valence-electron chi connectivity index (χ1n) is 8.51. The molecule has 1 atom stereocenters. The van der Waals surface area contributed by atoms with Gasteiger partial charge >= 0.3 is 0 Å². The van der Waals surface area contributed by atoms with E-state index < -0.39 is 5.54 Å². The van der Waals surface area contributed by atoms with Crippen LogP contribution in [0.1, 0.15) is 50.6 Å². The normalized spacial score (nSPS) is 27.0. The molecule has 1 aliphatic heterocycles. The number of amides is 1. The zero-order chi connectivity index (χ0) is 15.4. The third-order valence-electron chi connectivity index (χ3n) is 5.30. The van der Waals surface area contributed by atoms with Gasteiger partial charge in [-0.25, -0.2) is 0 Å². The lowest BCUT2D eigenvalue weighted by Crippen LogP contribution is -2.54. The number of carbonyl (C=O) groups excluding carboxylic acids is 1. The fraction of sp³-hybridized carbons (Fsp3) is 0.706. The van der Waals surface area contributed by atoms with Gasteiger partial charge in [-0.3, -0.25) is 19.7 Å². The van der Waals surface area contributed by atoms with Gasteiger partial charge in [0.25, 0.3) is 0 Å². The molecule has 0 radical (unpaired) electrons. The van der Waals surface area contributed by atoms with Crippen LogP contribution < -0.4 is 5.32 Å². The number of likely N-dealkylation sites (tertiary alicyclic amines) is 1. The van der Waals surface area contributed by atoms with E-state index in [2.05, 4.69) is 20.2 Å². The van der Waals surface area contributed by atoms with Crippen LogP contribution >= 0.6 is 0 Å². The van der Waals surface area contributed by atoms with Crippen molar-refractivity contribution < 1.29 is 4.79 Å². The maximum atomic E-state index is 12.8. The zero-order valence-corrected chi connectivity index (χ0v) is 13.4. The number of aromatic nitrogens is 2. The molecular formula is C17H26N4O. The molecule has 1 saturated heterocycles. The molecular weight excluding hydrogens is 276 g/mol. The molecule has 2 aliphatic rings. The Morgan fingerprint density at radius 3 is 2.82 bits per heavy atom. The average molecular weight is 302 g/mol. The third kappa shape index (κ3) is 2.74. The summed E-state index contributed by atoms with van der Waals surface area (Å²) >= 11 is 0. The standard InChI is InChI=1S/C17H26N4O/c1-18-16(22)17(15-12-19-9-10-20-15)8-5-11-21(17)13-14-6-3-2-4-7-14/h9-10,12,14H,2-8,11,13H2,1H3,(H,18,22)/t17-/m1/s1. The first kappa shape index (κ1) is 15.4. The number of hydrogen-bond acceptors (Lipinski definition) is 4. The number of likely N-dealkylation sites (N-methyl/N-ethyl adjacent to an activating group) is 1. The first-order chi connectivity index (χ1) is 10.8. The molecule has 0 aromatic carbocycles. The smallest absolute Gasteiger partial charge is 0.246 e. The highest BCUT2D eigenvalue weighted by molar-refractivity contribution is 5.87. The van der Waals surface area contributed by atoms with Gasteiger partial charge in [0, 0.05) is 26.0 Å². The predicted octanol–water partition coefficient (Wildman–Crippen LogP) is 2.09. The van der Waals surface area contributed by atoms with Gasteiger partial charge in [0.2, 0.25) is 5.91 Å². The quantitative estimate of drug-likeness (QED) is 0.925. The molecule has 5 nitrogen and oxygen atoms in total. The summed E-state index contributed by atoms with van der Waals surface area (Å²) in [5.74, 6) is 0.772. The Morgan fingerprint density at radius 2 is 2.14 bits per heavy atom. The lowest BCUT2D eigenvalue weighted by atomic mass is 9.86. The fourth-order valence-electron chi connectivity index (χ4n) is 4.19. The summed E-state index contributed by atoms with van der Waals surface area (Å²) < 4.78 is 0. The van der Waals surface area contributed by atoms with Gasteiger partial charge < -0.3 is 5.32 Å². The Morgan fingerprint density at radius 1 is 1.32 bits per heavy atom. The Bertz CT molecular complexity index is 501. The molecule has 1 aliphatic carbocycles. The van der Waals surface area contributed by atoms with Crippen molar-refractivity contribution in [1.82, 2.24) is 20.2 Å². The van der Waals surface area contributed by atoms with E-state index in [-0.39, 0.29) is 5.91 Å². The predicted molar refractivity (Wildman–Crippen MR) is 85.2 cm³/mol. The summed E-state index contributed by atoms with van der Waals surface area (Å²) in [6.45, 7) is 1.98. The van der Waals surface area contributed by atoms with Crippen LogP contribution in [0.15, 0.2) is 18.6 Å². The van der Waals surface area contributed by atoms with Crippen molar-refractivity contribution in [2.45, 2.75) is 50.5 Å². The molecule has 1 amide bonds. The molecule has 3 rings (SSSR count). The van der Waals surface area contributed by atoms with Crippen molar-refractivity contribution in [3.8, 4) is 0 Å². The third-order valence-corrected chi connectivity index (χ3v) is 5.30. The Kier molecular flexibility index (Phi) is 4.71. The lowest BCUT2D eigenvalue weighted by Gasteiger charge is -2.38. The van der Waals surface area contributed by atoms with Crippen molar-refractivity contribution in [2.75, 3.05) is 20.1 Å². The SMILES string of the molecule is CNC(=O)[C@]1(c2cnccn2)CCCN1CC1CCCCC1. The summed E-state index contributed by atoms with van der Waals surface area (Å²) in [6.07, 6.45) is 13.6. The van der Waals surface area contributed by atoms with Gasteiger partial charge in [-0.15, -0.1) is 0 Å². The van der Waals surface area contributed by atoms with E-state index in [0.717, 1.165) is 31.6 Å². The second kappa shape index (κ2) is 6.73. The topological polar surface area (TPSA) is 58.1 Å². The molecule has 1 saturated carbocycles. The van der Waals surface area contributed by atoms with Crippen LogP contribution in [-0.4, -0.2) is 40.9 Å². The van der Waals surface area contributed by atoms with Gasteiger partial charge in [0.05, 0.1) is 11.9 Å². The largest absolute Gasteiger partial charge is 0.357 e. The highest BCUT2D eigenvalue weighted by atomic mass is 16.2. The molecule has 1 aromatic heterocycles. The van der Waals surface area contributed by atoms with Gasteiger partial charge in [0.15, 0.2) is 0 Å². The number of hydrogen-bond donors (Lipinski definition) is 1. The van der Waals surface area contributed by atoms with E-state index in [1.165, 1.54) is 32.1 Å². The van der Waals surface area contributed by atoms with Crippen LogP contribution in [-0.2, 0) is 10.3 Å². The lowest BCUT2D eigenvalue weighted by molar-refractivity contribution is -0.132. The van der Waals surface area contributed by atoms with Crippen LogP contribution in [0.4, 0.5) is 0 Å². The van der Waals surface area contributed by atoms with E-state index in [1.807, 2.05) is 0 Å². The zero-order valence-electron chi connectivity index (χ0n) is 13.4. The molecule has 2 heterocycles. The molecule has 22 heavy (non-hydrogen) atoms. The van der Waals surface area contributed by atoms with Gasteiger partial charge in [-0.1, -0.05) is 19.3 Å². The maximum Gasteiger partial charge on any atom is 0.246 e. The van der Waals surface area contributed by atoms with Gasteiger partial charge in [-0.05, 0) is 38.1 Å². The van der Waals surface area contributed by atoms with Crippen molar-refractivity contribution in [3.63, 3.8) is 0 Å². The molecule has 2 fully saturated rings. The van der Waals surface area contributed by atoms with E-state index in [0.29, 0.717) is 5.92 Å². The molecule has 0 spiro atoms. The minimum absolute atomic E-state index is 0.0568. The second-order valence-corrected chi connectivity index (χ2v) is 6.58. The van der Waals surface area contributed by atoms with Crippen molar-refractivity contribution >= 4 is 5.91 Å². The van der Waals surface area contributed by atoms with Crippen LogP contribution in [0, 0.1) is 5.92 Å². The van der Waals surface area contributed by atoms with Gasteiger partial charge in [-0.2, -0.15) is 0 Å². The second-order valence-electron chi connectivity index (χ2n) is 6.58. The molecule has 1 N–H and O–H groups in total. The number of nitrogens with one attached hydrogen (secondary N) is 1. The summed E-state index contributed by atoms with van der Waals surface area (Å²) in [5, 5.41) is 2.87. The van der Waals surface area contributed by atoms with E-state index in [1.54, 1.807) is 25.6 Å². The van der Waals surface area contributed by atoms with Crippen molar-refractivity contribution in [3.05, 3.63) is 24.3 Å². The van der Waals surface area contributed by atoms with Crippen LogP contribution in [0.3, 0.4) is 0 Å². The highest BCUT2D eigenvalue weighted by Gasteiger charge is 2.50. The molecule has 1 aromatic rings. The number of carbonyl (C=O) groups is 1. The van der Waals surface area contributed by atoms with E-state index in [9.17, 15) is 4.79 Å². The molecule has 120 valence electrons. The highest BCUT2D eigenvalue weighted by Crippen LogP contribution is 2.39. The van der Waals surface area contributed by atoms with Crippen molar-refractivity contribution in [2.24, 2.45) is 5.92 Å². The number of nitrogens with zero attached hydrogens (tertiary/aromatic N) is 3. The van der Waals surface area contributed by atoms with E-state index in [4.69, 9.17) is 0 Å². The van der Waals surface area contributed by atoms with Crippen LogP contribution in [0.2, 0.25) is 0 Å². The average Bonchev–Trinajstić information content (AvgIpc) is 3.00. The Labute approximate surface area is 132 Å². The summed E-state index contributed by atoms with van der Waals surface area (Å²) in [4.78, 5) is 23.8. The summed E-state index contributed by atoms with van der Waals surface area (Å²) in [7, 11) is 1.72. The van der Waals surface area contributed by atoms with Gasteiger partial charge in [0.1, 0.15) is 5.54 Å². The maximum absolute atomic E-state index is 12.8. The summed E-state index contributed by atoms with van der Waals surface area (Å²) in [6, 6.07) is 0. The molecule has 0 bridgehead atoms. The Balaban J connectivity index is 1.88. The summed E-state index contributed by atoms with van der Waals surface area (Å²) in [5.41, 5.74) is 0.170. The minimum atomic E-state index is -0.625. The van der Waals surface area contributed by atoms with E-state index >= 15 is 0 Å².